The Morgan fingerprint density at radius 1 is 1.17 bits per heavy atom. The second-order valence-electron chi connectivity index (χ2n) is 9.30. The van der Waals surface area contributed by atoms with E-state index in [4.69, 9.17) is 0 Å². The summed E-state index contributed by atoms with van der Waals surface area (Å²) < 4.78 is 55.5. The molecule has 8 nitrogen and oxygen atoms in total. The zero-order valence-corrected chi connectivity index (χ0v) is 18.2. The van der Waals surface area contributed by atoms with Gasteiger partial charge >= 0.3 is 12.1 Å². The zero-order valence-electron chi connectivity index (χ0n) is 18.2. The van der Waals surface area contributed by atoms with Crippen LogP contribution in [0.3, 0.4) is 0 Å². The Morgan fingerprint density at radius 3 is 2.63 bits per heavy atom. The van der Waals surface area contributed by atoms with Crippen LogP contribution in [0, 0.1) is 23.6 Å². The number of pyridine rings is 1. The number of aromatic nitrogens is 5. The Kier molecular flexibility index (Phi) is 4.77. The Bertz CT molecular complexity index is 1450. The molecule has 3 N–H and O–H groups in total. The van der Waals surface area contributed by atoms with E-state index < -0.39 is 35.5 Å². The number of aromatic amines is 1. The Morgan fingerprint density at radius 2 is 1.91 bits per heavy atom. The highest BCUT2D eigenvalue weighted by atomic mass is 19.4. The molecule has 0 aliphatic heterocycles. The average Bonchev–Trinajstić information content (AvgIpc) is 3.43. The van der Waals surface area contributed by atoms with Gasteiger partial charge in [-0.15, -0.1) is 5.10 Å². The number of fused-ring (bicyclic) bond motifs is 5. The highest BCUT2D eigenvalue weighted by Gasteiger charge is 2.47. The molecule has 4 heterocycles. The molecule has 12 heteroatoms. The molecule has 0 spiro atoms. The van der Waals surface area contributed by atoms with Gasteiger partial charge in [0.1, 0.15) is 17.0 Å². The number of anilines is 1. The lowest BCUT2D eigenvalue weighted by atomic mass is 9.61. The van der Waals surface area contributed by atoms with Crippen molar-refractivity contribution in [1.82, 2.24) is 24.6 Å². The molecule has 2 atom stereocenters. The SMILES string of the molecule is O=C(O)[C@@H]1C(Nc2nc(-c3c[nH]c4ncc(F)cc34)nn3cc(C(F)(F)F)cc23)[C@H]2CC[C@@H]1CC2. The number of rotatable bonds is 4. The van der Waals surface area contributed by atoms with Crippen molar-refractivity contribution in [3.05, 3.63) is 42.1 Å². The third-order valence-corrected chi connectivity index (χ3v) is 7.34. The number of hydrogen-bond donors (Lipinski definition) is 3. The van der Waals surface area contributed by atoms with Crippen molar-refractivity contribution < 1.29 is 27.5 Å². The molecule has 3 saturated carbocycles. The lowest BCUT2D eigenvalue weighted by Gasteiger charge is -2.47. The molecule has 4 aromatic heterocycles. The van der Waals surface area contributed by atoms with Gasteiger partial charge < -0.3 is 15.4 Å². The lowest BCUT2D eigenvalue weighted by molar-refractivity contribution is -0.148. The number of halogens is 4. The summed E-state index contributed by atoms with van der Waals surface area (Å²) in [5, 5.41) is 17.7. The normalized spacial score (nSPS) is 24.3. The van der Waals surface area contributed by atoms with Crippen molar-refractivity contribution >= 4 is 28.3 Å². The van der Waals surface area contributed by atoms with Crippen molar-refractivity contribution in [2.75, 3.05) is 5.32 Å². The molecule has 0 radical (unpaired) electrons. The summed E-state index contributed by atoms with van der Waals surface area (Å²) in [7, 11) is 0. The first-order valence-corrected chi connectivity index (χ1v) is 11.3. The highest BCUT2D eigenvalue weighted by molar-refractivity contribution is 5.92. The van der Waals surface area contributed by atoms with E-state index in [2.05, 4.69) is 25.4 Å². The van der Waals surface area contributed by atoms with Gasteiger partial charge in [-0.1, -0.05) is 0 Å². The summed E-state index contributed by atoms with van der Waals surface area (Å²) in [5.74, 6) is -1.93. The van der Waals surface area contributed by atoms with Crippen molar-refractivity contribution in [3.63, 3.8) is 0 Å². The van der Waals surface area contributed by atoms with Gasteiger partial charge in [-0.25, -0.2) is 18.9 Å². The number of nitrogens with one attached hydrogen (secondary N) is 2. The number of alkyl halides is 3. The van der Waals surface area contributed by atoms with E-state index >= 15 is 0 Å². The van der Waals surface area contributed by atoms with Gasteiger partial charge in [-0.3, -0.25) is 4.79 Å². The van der Waals surface area contributed by atoms with Crippen LogP contribution in [0.25, 0.3) is 27.9 Å². The summed E-state index contributed by atoms with van der Waals surface area (Å²) in [5.41, 5.74) is -0.0906. The van der Waals surface area contributed by atoms with E-state index in [0.29, 0.717) is 16.6 Å². The van der Waals surface area contributed by atoms with Crippen molar-refractivity contribution in [2.24, 2.45) is 17.8 Å². The Balaban J connectivity index is 1.51. The Hall–Kier alpha value is -3.70. The van der Waals surface area contributed by atoms with Gasteiger partial charge in [0.25, 0.3) is 0 Å². The fourth-order valence-electron chi connectivity index (χ4n) is 5.71. The standard InChI is InChI=1S/C23H20F4N6O2/c24-13-6-14-15(8-29-19(14)28-7-13)20-31-21(16-5-12(23(25,26)27)9-33(16)32-20)30-18-11-3-1-10(2-4-11)17(18)22(34)35/h5-11,17-18H,1-4H2,(H,28,29)(H,34,35)(H,30,31,32)/t10-,11+,17-,18?/m0/s1. The number of hydrogen-bond acceptors (Lipinski definition) is 5. The zero-order chi connectivity index (χ0) is 24.5. The van der Waals surface area contributed by atoms with E-state index in [1.54, 1.807) is 0 Å². The van der Waals surface area contributed by atoms with E-state index in [1.165, 1.54) is 12.3 Å². The number of aliphatic carboxylic acids is 1. The molecule has 3 fully saturated rings. The number of nitrogens with zero attached hydrogens (tertiary/aromatic N) is 4. The maximum atomic E-state index is 13.9. The molecule has 3 aliphatic rings. The molecular weight excluding hydrogens is 468 g/mol. The van der Waals surface area contributed by atoms with Crippen LogP contribution < -0.4 is 5.32 Å². The second kappa shape index (κ2) is 7.65. The smallest absolute Gasteiger partial charge is 0.417 e. The Labute approximate surface area is 195 Å². The van der Waals surface area contributed by atoms with Crippen LogP contribution in [0.4, 0.5) is 23.4 Å². The van der Waals surface area contributed by atoms with Crippen molar-refractivity contribution in [3.8, 4) is 11.4 Å². The van der Waals surface area contributed by atoms with Gasteiger partial charge in [0.05, 0.1) is 17.7 Å². The first-order valence-electron chi connectivity index (χ1n) is 11.3. The van der Waals surface area contributed by atoms with Crippen LogP contribution in [0.15, 0.2) is 30.7 Å². The highest BCUT2D eigenvalue weighted by Crippen LogP contribution is 2.46. The van der Waals surface area contributed by atoms with E-state index in [9.17, 15) is 27.5 Å². The van der Waals surface area contributed by atoms with Crippen molar-refractivity contribution in [2.45, 2.75) is 37.9 Å². The molecule has 1 unspecified atom stereocenters. The number of H-pyrrole nitrogens is 1. The summed E-state index contributed by atoms with van der Waals surface area (Å²) in [6, 6.07) is 1.71. The van der Waals surface area contributed by atoms with Gasteiger partial charge in [-0.2, -0.15) is 13.2 Å². The summed E-state index contributed by atoms with van der Waals surface area (Å²) in [4.78, 5) is 23.5. The molecule has 35 heavy (non-hydrogen) atoms. The van der Waals surface area contributed by atoms with Crippen LogP contribution in [0.1, 0.15) is 31.2 Å². The van der Waals surface area contributed by atoms with Crippen LogP contribution in [0.2, 0.25) is 0 Å². The van der Waals surface area contributed by atoms with E-state index in [-0.39, 0.29) is 29.0 Å². The first kappa shape index (κ1) is 21.8. The monoisotopic (exact) mass is 488 g/mol. The molecule has 7 rings (SSSR count). The molecule has 4 aromatic rings. The maximum absolute atomic E-state index is 13.9. The fourth-order valence-corrected chi connectivity index (χ4v) is 5.71. The molecule has 3 aliphatic carbocycles. The van der Waals surface area contributed by atoms with Gasteiger partial charge in [0, 0.05) is 29.4 Å². The minimum Gasteiger partial charge on any atom is -0.481 e. The number of carboxylic acid groups (broad SMARTS) is 1. The second-order valence-corrected chi connectivity index (χ2v) is 9.30. The summed E-state index contributed by atoms with van der Waals surface area (Å²) in [6.07, 6.45) is 2.16. The van der Waals surface area contributed by atoms with E-state index in [1.807, 2.05) is 0 Å². The van der Waals surface area contributed by atoms with Crippen LogP contribution in [-0.2, 0) is 11.0 Å². The predicted octanol–water partition coefficient (Wildman–Crippen LogP) is 4.73. The largest absolute Gasteiger partial charge is 0.481 e. The number of carbonyl (C=O) groups is 1. The maximum Gasteiger partial charge on any atom is 0.417 e. The first-order chi connectivity index (χ1) is 16.7. The quantitative estimate of drug-likeness (QED) is 0.359. The molecule has 0 saturated heterocycles. The minimum absolute atomic E-state index is 0.00696. The lowest BCUT2D eigenvalue weighted by Crippen LogP contribution is -2.51. The van der Waals surface area contributed by atoms with Crippen LogP contribution in [0.5, 0.6) is 0 Å². The summed E-state index contributed by atoms with van der Waals surface area (Å²) in [6.45, 7) is 0. The molecule has 182 valence electrons. The number of carboxylic acids is 1. The van der Waals surface area contributed by atoms with Crippen LogP contribution in [-0.4, -0.2) is 41.7 Å². The topological polar surface area (TPSA) is 108 Å². The molecule has 2 bridgehead atoms. The van der Waals surface area contributed by atoms with Crippen molar-refractivity contribution in [1.29, 1.82) is 0 Å². The van der Waals surface area contributed by atoms with Crippen LogP contribution >= 0.6 is 0 Å². The van der Waals surface area contributed by atoms with Gasteiger partial charge in [0.2, 0.25) is 0 Å². The molecule has 0 aromatic carbocycles. The third kappa shape index (κ3) is 3.58. The minimum atomic E-state index is -4.60. The molecular formula is C23H20F4N6O2. The third-order valence-electron chi connectivity index (χ3n) is 7.34. The average molecular weight is 488 g/mol. The van der Waals surface area contributed by atoms with Gasteiger partial charge in [-0.05, 0) is 49.7 Å². The van der Waals surface area contributed by atoms with Gasteiger partial charge in [0.15, 0.2) is 11.6 Å². The fraction of sp³-hybridized carbons (Fsp3) is 0.391. The van der Waals surface area contributed by atoms with E-state index in [0.717, 1.165) is 48.7 Å². The molecule has 0 amide bonds. The summed E-state index contributed by atoms with van der Waals surface area (Å²) >= 11 is 0. The predicted molar refractivity (Wildman–Crippen MR) is 117 cm³/mol.